The molecule has 10 heavy (non-hydrogen) atoms. The molecule has 1 radical (unpaired) electrons. The van der Waals surface area contributed by atoms with Gasteiger partial charge < -0.3 is 5.32 Å². The van der Waals surface area contributed by atoms with Gasteiger partial charge in [-0.25, -0.2) is 5.11 Å². The molecule has 0 aromatic rings. The Morgan fingerprint density at radius 3 is 2.30 bits per heavy atom. The molecule has 0 aliphatic heterocycles. The predicted octanol–water partition coefficient (Wildman–Crippen LogP) is 1.44. The predicted molar refractivity (Wildman–Crippen MR) is 42.5 cm³/mol. The van der Waals surface area contributed by atoms with Crippen LogP contribution < -0.4 is 5.32 Å². The largest absolute Gasteiger partial charge is 0.311 e. The second-order valence-electron chi connectivity index (χ2n) is 2.92. The highest BCUT2D eigenvalue weighted by atomic mass is 16.3. The van der Waals surface area contributed by atoms with Crippen molar-refractivity contribution in [3.8, 4) is 0 Å². The van der Waals surface area contributed by atoms with Crippen LogP contribution >= 0.6 is 0 Å². The topological polar surface area (TPSA) is 31.9 Å². The van der Waals surface area contributed by atoms with Crippen molar-refractivity contribution in [3.05, 3.63) is 0 Å². The van der Waals surface area contributed by atoms with E-state index in [1.54, 1.807) is 0 Å². The van der Waals surface area contributed by atoms with Crippen molar-refractivity contribution in [2.24, 2.45) is 5.92 Å². The number of nitrogens with one attached hydrogen (secondary N) is 1. The molecule has 1 unspecified atom stereocenters. The lowest BCUT2D eigenvalue weighted by Crippen LogP contribution is -2.34. The van der Waals surface area contributed by atoms with E-state index in [9.17, 15) is 5.11 Å². The monoisotopic (exact) mass is 144 g/mol. The summed E-state index contributed by atoms with van der Waals surface area (Å²) in [5.41, 5.74) is 0. The first-order valence-electron chi connectivity index (χ1n) is 4.03. The second kappa shape index (κ2) is 5.69. The molecule has 0 rings (SSSR count). The fourth-order valence-electron chi connectivity index (χ4n) is 1.10. The average Bonchev–Trinajstić information content (AvgIpc) is 1.89. The van der Waals surface area contributed by atoms with Gasteiger partial charge in [0.1, 0.15) is 0 Å². The summed E-state index contributed by atoms with van der Waals surface area (Å²) in [6, 6.07) is 0.522. The van der Waals surface area contributed by atoms with Gasteiger partial charge in [0.25, 0.3) is 0 Å². The van der Waals surface area contributed by atoms with Gasteiger partial charge in [-0.3, -0.25) is 0 Å². The average molecular weight is 144 g/mol. The van der Waals surface area contributed by atoms with E-state index in [4.69, 9.17) is 0 Å². The molecule has 0 aromatic carbocycles. The van der Waals surface area contributed by atoms with Crippen LogP contribution in [-0.2, 0) is 5.11 Å². The Bertz CT molecular complexity index is 73.7. The number of hydrogen-bond donors (Lipinski definition) is 1. The molecule has 1 N–H and O–H groups in total. The summed E-state index contributed by atoms with van der Waals surface area (Å²) in [5, 5.41) is 13.3. The van der Waals surface area contributed by atoms with Crippen molar-refractivity contribution in [2.75, 3.05) is 13.2 Å². The molecule has 0 fully saturated rings. The van der Waals surface area contributed by atoms with Crippen molar-refractivity contribution in [2.45, 2.75) is 33.2 Å². The van der Waals surface area contributed by atoms with Gasteiger partial charge in [-0.15, -0.1) is 0 Å². The minimum Gasteiger partial charge on any atom is -0.311 e. The van der Waals surface area contributed by atoms with E-state index in [-0.39, 0.29) is 6.61 Å². The lowest BCUT2D eigenvalue weighted by Gasteiger charge is -2.19. The third-order valence-corrected chi connectivity index (χ3v) is 1.75. The number of rotatable bonds is 5. The van der Waals surface area contributed by atoms with Crippen LogP contribution in [0.1, 0.15) is 27.2 Å². The van der Waals surface area contributed by atoms with Crippen molar-refractivity contribution in [1.82, 2.24) is 5.32 Å². The normalized spacial score (nSPS) is 14.1. The Kier molecular flexibility index (Phi) is 5.64. The fraction of sp³-hybridized carbons (Fsp3) is 1.00. The van der Waals surface area contributed by atoms with Crippen LogP contribution in [0.2, 0.25) is 0 Å². The van der Waals surface area contributed by atoms with Gasteiger partial charge in [-0.2, -0.15) is 0 Å². The van der Waals surface area contributed by atoms with Crippen LogP contribution in [-0.4, -0.2) is 19.2 Å². The van der Waals surface area contributed by atoms with E-state index in [0.29, 0.717) is 18.5 Å². The molecular formula is C8H18NO. The molecule has 0 amide bonds. The first kappa shape index (κ1) is 9.92. The van der Waals surface area contributed by atoms with Crippen LogP contribution in [0, 0.1) is 5.92 Å². The maximum Gasteiger partial charge on any atom is 0.0946 e. The zero-order valence-corrected chi connectivity index (χ0v) is 7.18. The second-order valence-corrected chi connectivity index (χ2v) is 2.92. The van der Waals surface area contributed by atoms with Gasteiger partial charge in [0.15, 0.2) is 0 Å². The summed E-state index contributed by atoms with van der Waals surface area (Å²) in [4.78, 5) is 0. The maximum absolute atomic E-state index is 10.1. The SMILES string of the molecule is CCC(NCC[O])C(C)C. The van der Waals surface area contributed by atoms with Crippen LogP contribution in [0.5, 0.6) is 0 Å². The van der Waals surface area contributed by atoms with Gasteiger partial charge >= 0.3 is 0 Å². The Labute approximate surface area is 63.6 Å². The van der Waals surface area contributed by atoms with E-state index in [2.05, 4.69) is 26.1 Å². The van der Waals surface area contributed by atoms with Crippen LogP contribution in [0.4, 0.5) is 0 Å². The van der Waals surface area contributed by atoms with Gasteiger partial charge in [-0.1, -0.05) is 20.8 Å². The van der Waals surface area contributed by atoms with Crippen LogP contribution in [0.15, 0.2) is 0 Å². The quantitative estimate of drug-likeness (QED) is 0.622. The van der Waals surface area contributed by atoms with Crippen molar-refractivity contribution < 1.29 is 5.11 Å². The van der Waals surface area contributed by atoms with Crippen molar-refractivity contribution >= 4 is 0 Å². The third-order valence-electron chi connectivity index (χ3n) is 1.75. The van der Waals surface area contributed by atoms with Gasteiger partial charge in [0, 0.05) is 12.6 Å². The molecule has 0 heterocycles. The molecule has 0 spiro atoms. The highest BCUT2D eigenvalue weighted by Crippen LogP contribution is 2.03. The Hall–Kier alpha value is -0.0800. The summed E-state index contributed by atoms with van der Waals surface area (Å²) >= 11 is 0. The van der Waals surface area contributed by atoms with Gasteiger partial charge in [0.2, 0.25) is 0 Å². The van der Waals surface area contributed by atoms with Crippen molar-refractivity contribution in [1.29, 1.82) is 0 Å². The molecule has 0 saturated carbocycles. The first-order valence-corrected chi connectivity index (χ1v) is 4.03. The summed E-state index contributed by atoms with van der Waals surface area (Å²) < 4.78 is 0. The molecule has 0 bridgehead atoms. The lowest BCUT2D eigenvalue weighted by atomic mass is 10.0. The fourth-order valence-corrected chi connectivity index (χ4v) is 1.10. The lowest BCUT2D eigenvalue weighted by molar-refractivity contribution is 0.186. The Morgan fingerprint density at radius 2 is 2.00 bits per heavy atom. The summed E-state index contributed by atoms with van der Waals surface area (Å²) in [6.45, 7) is 7.08. The van der Waals surface area contributed by atoms with E-state index in [1.165, 1.54) is 0 Å². The molecular weight excluding hydrogens is 126 g/mol. The standard InChI is InChI=1S/C8H18NO/c1-4-8(7(2)3)9-5-6-10/h7-9H,4-6H2,1-3H3. The highest BCUT2D eigenvalue weighted by molar-refractivity contribution is 4.67. The van der Waals surface area contributed by atoms with Gasteiger partial charge in [0.05, 0.1) is 6.61 Å². The molecule has 2 nitrogen and oxygen atoms in total. The molecule has 2 heteroatoms. The summed E-state index contributed by atoms with van der Waals surface area (Å²) in [7, 11) is 0. The maximum atomic E-state index is 10.1. The zero-order valence-electron chi connectivity index (χ0n) is 7.18. The molecule has 0 saturated heterocycles. The van der Waals surface area contributed by atoms with E-state index >= 15 is 0 Å². The Morgan fingerprint density at radius 1 is 1.40 bits per heavy atom. The molecule has 1 atom stereocenters. The van der Waals surface area contributed by atoms with Crippen molar-refractivity contribution in [3.63, 3.8) is 0 Å². The minimum atomic E-state index is -0.0107. The molecule has 0 aliphatic rings. The van der Waals surface area contributed by atoms with Crippen LogP contribution in [0.25, 0.3) is 0 Å². The third kappa shape index (κ3) is 3.85. The molecule has 0 aromatic heterocycles. The summed E-state index contributed by atoms with van der Waals surface area (Å²) in [5.74, 6) is 0.636. The molecule has 0 aliphatic carbocycles. The van der Waals surface area contributed by atoms with E-state index in [1.807, 2.05) is 0 Å². The zero-order chi connectivity index (χ0) is 7.98. The summed E-state index contributed by atoms with van der Waals surface area (Å²) in [6.07, 6.45) is 1.11. The minimum absolute atomic E-state index is 0.0107. The van der Waals surface area contributed by atoms with E-state index < -0.39 is 0 Å². The first-order chi connectivity index (χ1) is 4.72. The van der Waals surface area contributed by atoms with Gasteiger partial charge in [-0.05, 0) is 12.3 Å². The number of hydrogen-bond acceptors (Lipinski definition) is 1. The highest BCUT2D eigenvalue weighted by Gasteiger charge is 2.08. The van der Waals surface area contributed by atoms with E-state index in [0.717, 1.165) is 6.42 Å². The Balaban J connectivity index is 3.40. The molecule has 61 valence electrons. The van der Waals surface area contributed by atoms with Crippen LogP contribution in [0.3, 0.4) is 0 Å². The smallest absolute Gasteiger partial charge is 0.0946 e.